The summed E-state index contributed by atoms with van der Waals surface area (Å²) in [5, 5.41) is 0.0883. The number of carbonyl (C=O) groups is 1. The largest absolute Gasteiger partial charge is 0.461 e. The minimum atomic E-state index is -1.98. The van der Waals surface area contributed by atoms with Crippen molar-refractivity contribution in [3.05, 3.63) is 48.6 Å². The lowest BCUT2D eigenvalue weighted by atomic mass is 10.1. The van der Waals surface area contributed by atoms with E-state index in [0.717, 1.165) is 5.56 Å². The van der Waals surface area contributed by atoms with Crippen LogP contribution in [-0.4, -0.2) is 20.9 Å². The second-order valence-corrected chi connectivity index (χ2v) is 11.7. The first-order valence-corrected chi connectivity index (χ1v) is 10.6. The number of rotatable bonds is 7. The van der Waals surface area contributed by atoms with Crippen molar-refractivity contribution in [3.8, 4) is 0 Å². The van der Waals surface area contributed by atoms with Crippen molar-refractivity contribution in [1.82, 2.24) is 0 Å². The third-order valence-corrected chi connectivity index (χ3v) is 8.61. The van der Waals surface area contributed by atoms with E-state index in [-0.39, 0.29) is 30.1 Å². The highest BCUT2D eigenvalue weighted by molar-refractivity contribution is 6.74. The van der Waals surface area contributed by atoms with Gasteiger partial charge in [-0.1, -0.05) is 63.8 Å². The minimum Gasteiger partial charge on any atom is -0.461 e. The topological polar surface area (TPSA) is 35.5 Å². The molecule has 1 aromatic rings. The lowest BCUT2D eigenvalue weighted by molar-refractivity contribution is -0.144. The van der Waals surface area contributed by atoms with Gasteiger partial charge in [-0.2, -0.15) is 0 Å². The number of carbonyl (C=O) groups excluding carboxylic acids is 1. The molecule has 0 saturated heterocycles. The normalized spacial score (nSPS) is 13.5. The van der Waals surface area contributed by atoms with Crippen molar-refractivity contribution in [1.29, 1.82) is 0 Å². The van der Waals surface area contributed by atoms with Gasteiger partial charge in [0.15, 0.2) is 8.32 Å². The summed E-state index contributed by atoms with van der Waals surface area (Å²) in [6.07, 6.45) is 1.54. The van der Waals surface area contributed by atoms with Gasteiger partial charge in [-0.25, -0.2) is 0 Å². The maximum atomic E-state index is 12.0. The van der Waals surface area contributed by atoms with Gasteiger partial charge in [0.2, 0.25) is 0 Å². The molecule has 1 atom stereocenters. The molecule has 0 N–H and O–H groups in total. The molecule has 22 heavy (non-hydrogen) atoms. The van der Waals surface area contributed by atoms with Crippen molar-refractivity contribution >= 4 is 14.3 Å². The second kappa shape index (κ2) is 7.74. The van der Waals surface area contributed by atoms with Crippen LogP contribution in [0, 0.1) is 0 Å². The number of hydrogen-bond donors (Lipinski definition) is 0. The zero-order valence-corrected chi connectivity index (χ0v) is 15.4. The molecule has 1 unspecified atom stereocenters. The van der Waals surface area contributed by atoms with Gasteiger partial charge in [-0.3, -0.25) is 4.79 Å². The van der Waals surface area contributed by atoms with Crippen LogP contribution in [0.25, 0.3) is 0 Å². The molecular formula is C18H28O3Si. The third-order valence-electron chi connectivity index (χ3n) is 4.13. The molecule has 0 aliphatic heterocycles. The van der Waals surface area contributed by atoms with Crippen LogP contribution in [0.5, 0.6) is 0 Å². The first-order valence-electron chi connectivity index (χ1n) is 7.66. The standard InChI is InChI=1S/C18H28O3Si/c1-7-13-20-17(19)14-16(15-11-9-8-10-12-15)21-22(5,6)18(2,3)4/h7-12,16H,1,13-14H2,2-6H3. The van der Waals surface area contributed by atoms with Gasteiger partial charge in [-0.05, 0) is 23.7 Å². The summed E-state index contributed by atoms with van der Waals surface area (Å²) < 4.78 is 11.6. The van der Waals surface area contributed by atoms with Crippen molar-refractivity contribution in [2.45, 2.75) is 51.4 Å². The number of benzene rings is 1. The van der Waals surface area contributed by atoms with Crippen molar-refractivity contribution in [2.75, 3.05) is 6.61 Å². The molecule has 0 bridgehead atoms. The van der Waals surface area contributed by atoms with Crippen molar-refractivity contribution in [2.24, 2.45) is 0 Å². The molecule has 4 heteroatoms. The molecule has 0 fully saturated rings. The Morgan fingerprint density at radius 3 is 2.36 bits per heavy atom. The SMILES string of the molecule is C=CCOC(=O)CC(O[Si](C)(C)C(C)(C)C)c1ccccc1. The number of hydrogen-bond acceptors (Lipinski definition) is 3. The van der Waals surface area contributed by atoms with E-state index in [4.69, 9.17) is 9.16 Å². The molecular weight excluding hydrogens is 292 g/mol. The Balaban J connectivity index is 2.93. The van der Waals surface area contributed by atoms with Gasteiger partial charge in [0.05, 0.1) is 12.5 Å². The fraction of sp³-hybridized carbons (Fsp3) is 0.500. The lowest BCUT2D eigenvalue weighted by Gasteiger charge is -2.39. The molecule has 0 radical (unpaired) electrons. The highest BCUT2D eigenvalue weighted by Gasteiger charge is 2.39. The van der Waals surface area contributed by atoms with E-state index in [2.05, 4.69) is 40.4 Å². The van der Waals surface area contributed by atoms with Crippen LogP contribution in [0.4, 0.5) is 0 Å². The van der Waals surface area contributed by atoms with E-state index in [9.17, 15) is 4.79 Å². The number of esters is 1. The minimum absolute atomic E-state index is 0.0883. The van der Waals surface area contributed by atoms with Crippen LogP contribution >= 0.6 is 0 Å². The average Bonchev–Trinajstić information content (AvgIpc) is 2.44. The van der Waals surface area contributed by atoms with Crippen LogP contribution in [-0.2, 0) is 14.0 Å². The first kappa shape index (κ1) is 18.7. The summed E-state index contributed by atoms with van der Waals surface area (Å²) in [4.78, 5) is 12.0. The fourth-order valence-electron chi connectivity index (χ4n) is 1.79. The van der Waals surface area contributed by atoms with E-state index >= 15 is 0 Å². The molecule has 0 saturated carbocycles. The Bertz CT molecular complexity index is 489. The van der Waals surface area contributed by atoms with Gasteiger partial charge in [0.1, 0.15) is 6.61 Å². The molecule has 1 aromatic carbocycles. The molecule has 0 spiro atoms. The van der Waals surface area contributed by atoms with E-state index in [1.807, 2.05) is 30.3 Å². The highest BCUT2D eigenvalue weighted by atomic mass is 28.4. The zero-order chi connectivity index (χ0) is 16.8. The molecule has 0 amide bonds. The van der Waals surface area contributed by atoms with E-state index in [1.165, 1.54) is 0 Å². The van der Waals surface area contributed by atoms with Crippen LogP contribution in [0.15, 0.2) is 43.0 Å². The number of ether oxygens (including phenoxy) is 1. The maximum Gasteiger partial charge on any atom is 0.309 e. The average molecular weight is 321 g/mol. The molecule has 0 aliphatic carbocycles. The Morgan fingerprint density at radius 2 is 1.86 bits per heavy atom. The maximum absolute atomic E-state index is 12.0. The first-order chi connectivity index (χ1) is 10.2. The van der Waals surface area contributed by atoms with E-state index in [0.29, 0.717) is 0 Å². The smallest absolute Gasteiger partial charge is 0.309 e. The second-order valence-electron chi connectivity index (χ2n) is 6.95. The lowest BCUT2D eigenvalue weighted by Crippen LogP contribution is -2.42. The van der Waals surface area contributed by atoms with Crippen LogP contribution < -0.4 is 0 Å². The molecule has 0 aliphatic rings. The van der Waals surface area contributed by atoms with E-state index < -0.39 is 8.32 Å². The predicted octanol–water partition coefficient (Wildman–Crippen LogP) is 4.87. The Morgan fingerprint density at radius 1 is 1.27 bits per heavy atom. The monoisotopic (exact) mass is 320 g/mol. The Labute approximate surface area is 135 Å². The quantitative estimate of drug-likeness (QED) is 0.408. The van der Waals surface area contributed by atoms with E-state index in [1.54, 1.807) is 6.08 Å². The summed E-state index contributed by atoms with van der Waals surface area (Å²) >= 11 is 0. The highest BCUT2D eigenvalue weighted by Crippen LogP contribution is 2.40. The molecule has 0 aromatic heterocycles. The summed E-state index contributed by atoms with van der Waals surface area (Å²) in [6.45, 7) is 14.8. The molecule has 3 nitrogen and oxygen atoms in total. The van der Waals surface area contributed by atoms with Crippen LogP contribution in [0.1, 0.15) is 38.9 Å². The predicted molar refractivity (Wildman–Crippen MR) is 93.2 cm³/mol. The van der Waals surface area contributed by atoms with Crippen molar-refractivity contribution in [3.63, 3.8) is 0 Å². The molecule has 0 heterocycles. The summed E-state index contributed by atoms with van der Waals surface area (Å²) in [5.41, 5.74) is 1.02. The van der Waals surface area contributed by atoms with Crippen molar-refractivity contribution < 1.29 is 14.0 Å². The van der Waals surface area contributed by atoms with Gasteiger partial charge in [-0.15, -0.1) is 0 Å². The summed E-state index contributed by atoms with van der Waals surface area (Å²) in [5.74, 6) is -0.257. The zero-order valence-electron chi connectivity index (χ0n) is 14.4. The van der Waals surface area contributed by atoms with Gasteiger partial charge in [0.25, 0.3) is 0 Å². The third kappa shape index (κ3) is 5.43. The van der Waals surface area contributed by atoms with Crippen LogP contribution in [0.2, 0.25) is 18.1 Å². The molecule has 1 rings (SSSR count). The van der Waals surface area contributed by atoms with Gasteiger partial charge < -0.3 is 9.16 Å². The Hall–Kier alpha value is -1.39. The van der Waals surface area contributed by atoms with Gasteiger partial charge in [0, 0.05) is 0 Å². The summed E-state index contributed by atoms with van der Waals surface area (Å²) in [7, 11) is -1.98. The van der Waals surface area contributed by atoms with Crippen LogP contribution in [0.3, 0.4) is 0 Å². The molecule has 122 valence electrons. The summed E-state index contributed by atoms with van der Waals surface area (Å²) in [6, 6.07) is 9.89. The fourth-order valence-corrected chi connectivity index (χ4v) is 3.07. The Kier molecular flexibility index (Phi) is 6.57. The van der Waals surface area contributed by atoms with Gasteiger partial charge >= 0.3 is 5.97 Å².